The predicted molar refractivity (Wildman–Crippen MR) is 85.3 cm³/mol. The molecule has 1 aliphatic carbocycles. The Kier molecular flexibility index (Phi) is 4.81. The number of likely N-dealkylation sites (tertiary alicyclic amines) is 1. The molecule has 0 N–H and O–H groups in total. The van der Waals surface area contributed by atoms with E-state index in [0.717, 1.165) is 26.1 Å². The lowest BCUT2D eigenvalue weighted by Gasteiger charge is -2.39. The zero-order valence-electron chi connectivity index (χ0n) is 12.4. The fourth-order valence-electron chi connectivity index (χ4n) is 3.29. The van der Waals surface area contributed by atoms with Gasteiger partial charge in [0.05, 0.1) is 0 Å². The molecule has 1 aromatic carbocycles. The molecule has 1 aliphatic heterocycles. The summed E-state index contributed by atoms with van der Waals surface area (Å²) in [6, 6.07) is 11.8. The van der Waals surface area contributed by atoms with E-state index in [0.29, 0.717) is 12.1 Å². The van der Waals surface area contributed by atoms with Crippen molar-refractivity contribution in [1.82, 2.24) is 9.80 Å². The molecule has 21 heavy (non-hydrogen) atoms. The maximum absolute atomic E-state index is 11.9. The monoisotopic (exact) mass is 306 g/mol. The lowest BCUT2D eigenvalue weighted by Crippen LogP contribution is -2.50. The van der Waals surface area contributed by atoms with Crippen LogP contribution in [0, 0.1) is 0 Å². The summed E-state index contributed by atoms with van der Waals surface area (Å²) in [7, 11) is 0. The van der Waals surface area contributed by atoms with Crippen LogP contribution in [-0.4, -0.2) is 46.8 Å². The second-order valence-corrected chi connectivity index (χ2v) is 6.43. The molecular formula is C17H23ClN2O. The van der Waals surface area contributed by atoms with Gasteiger partial charge in [-0.1, -0.05) is 30.3 Å². The molecule has 3 rings (SSSR count). The number of nitrogens with zero attached hydrogens (tertiary/aromatic N) is 2. The van der Waals surface area contributed by atoms with E-state index >= 15 is 0 Å². The van der Waals surface area contributed by atoms with Crippen molar-refractivity contribution in [2.45, 2.75) is 44.3 Å². The first-order valence-corrected chi connectivity index (χ1v) is 8.45. The summed E-state index contributed by atoms with van der Waals surface area (Å²) in [6.45, 7) is 2.71. The van der Waals surface area contributed by atoms with E-state index in [-0.39, 0.29) is 11.8 Å². The van der Waals surface area contributed by atoms with Crippen molar-refractivity contribution >= 4 is 17.5 Å². The van der Waals surface area contributed by atoms with Crippen molar-refractivity contribution in [3.8, 4) is 0 Å². The number of alkyl halides is 1. The highest BCUT2D eigenvalue weighted by molar-refractivity contribution is 6.27. The van der Waals surface area contributed by atoms with E-state index in [9.17, 15) is 4.79 Å². The number of piperidine rings is 1. The fourth-order valence-corrected chi connectivity index (χ4v) is 3.46. The van der Waals surface area contributed by atoms with Crippen LogP contribution in [0.25, 0.3) is 0 Å². The van der Waals surface area contributed by atoms with Crippen LogP contribution in [0.15, 0.2) is 30.3 Å². The molecule has 1 saturated heterocycles. The van der Waals surface area contributed by atoms with Crippen LogP contribution in [0.3, 0.4) is 0 Å². The molecule has 0 radical (unpaired) electrons. The van der Waals surface area contributed by atoms with Gasteiger partial charge in [-0.25, -0.2) is 0 Å². The molecule has 0 spiro atoms. The molecule has 2 fully saturated rings. The van der Waals surface area contributed by atoms with Gasteiger partial charge in [0.25, 0.3) is 0 Å². The van der Waals surface area contributed by atoms with Gasteiger partial charge in [-0.15, -0.1) is 11.6 Å². The predicted octanol–water partition coefficient (Wildman–Crippen LogP) is 2.88. The Morgan fingerprint density at radius 1 is 1.19 bits per heavy atom. The number of rotatable bonds is 5. The number of hydrogen-bond acceptors (Lipinski definition) is 2. The Morgan fingerprint density at radius 3 is 2.62 bits per heavy atom. The zero-order valence-corrected chi connectivity index (χ0v) is 13.1. The topological polar surface area (TPSA) is 23.6 Å². The van der Waals surface area contributed by atoms with Gasteiger partial charge in [0, 0.05) is 31.7 Å². The normalized spacial score (nSPS) is 22.6. The number of amides is 1. The molecule has 4 heteroatoms. The second kappa shape index (κ2) is 6.80. The standard InChI is InChI=1S/C17H23ClN2O/c18-11-17(21)19-10-4-7-16(13-19)20(15-8-9-15)12-14-5-2-1-3-6-14/h1-3,5-6,15-16H,4,7-13H2. The molecule has 2 aliphatic rings. The van der Waals surface area contributed by atoms with Crippen molar-refractivity contribution < 1.29 is 4.79 Å². The summed E-state index contributed by atoms with van der Waals surface area (Å²) < 4.78 is 0. The Bertz CT molecular complexity index is 475. The number of carbonyl (C=O) groups excluding carboxylic acids is 1. The molecule has 1 aromatic rings. The minimum absolute atomic E-state index is 0.0804. The van der Waals surface area contributed by atoms with Crippen molar-refractivity contribution in [2.75, 3.05) is 19.0 Å². The fraction of sp³-hybridized carbons (Fsp3) is 0.588. The summed E-state index contributed by atoms with van der Waals surface area (Å²) in [4.78, 5) is 16.4. The van der Waals surface area contributed by atoms with Crippen LogP contribution < -0.4 is 0 Å². The third-order valence-electron chi connectivity index (χ3n) is 4.56. The van der Waals surface area contributed by atoms with Gasteiger partial charge in [0.1, 0.15) is 5.88 Å². The van der Waals surface area contributed by atoms with Crippen molar-refractivity contribution in [1.29, 1.82) is 0 Å². The van der Waals surface area contributed by atoms with Crippen LogP contribution in [0.1, 0.15) is 31.2 Å². The van der Waals surface area contributed by atoms with Crippen LogP contribution >= 0.6 is 11.6 Å². The highest BCUT2D eigenvalue weighted by Crippen LogP contribution is 2.32. The Labute approximate surface area is 131 Å². The number of carbonyl (C=O) groups is 1. The van der Waals surface area contributed by atoms with Gasteiger partial charge >= 0.3 is 0 Å². The maximum atomic E-state index is 11.9. The molecule has 114 valence electrons. The summed E-state index contributed by atoms with van der Waals surface area (Å²) in [5.74, 6) is 0.186. The van der Waals surface area contributed by atoms with Crippen LogP contribution in [-0.2, 0) is 11.3 Å². The van der Waals surface area contributed by atoms with Crippen LogP contribution in [0.4, 0.5) is 0 Å². The van der Waals surface area contributed by atoms with Gasteiger partial charge < -0.3 is 4.90 Å². The summed E-state index contributed by atoms with van der Waals surface area (Å²) in [6.07, 6.45) is 4.88. The van der Waals surface area contributed by atoms with E-state index in [1.54, 1.807) is 0 Å². The minimum Gasteiger partial charge on any atom is -0.340 e. The first kappa shape index (κ1) is 14.9. The van der Waals surface area contributed by atoms with Gasteiger partial charge in [0.15, 0.2) is 0 Å². The van der Waals surface area contributed by atoms with Crippen molar-refractivity contribution in [3.63, 3.8) is 0 Å². The third-order valence-corrected chi connectivity index (χ3v) is 4.79. The highest BCUT2D eigenvalue weighted by Gasteiger charge is 2.36. The van der Waals surface area contributed by atoms with E-state index in [1.807, 2.05) is 4.90 Å². The Balaban J connectivity index is 1.67. The molecule has 1 heterocycles. The summed E-state index contributed by atoms with van der Waals surface area (Å²) >= 11 is 5.71. The van der Waals surface area contributed by atoms with E-state index in [1.165, 1.54) is 24.8 Å². The second-order valence-electron chi connectivity index (χ2n) is 6.16. The van der Waals surface area contributed by atoms with E-state index in [2.05, 4.69) is 35.2 Å². The SMILES string of the molecule is O=C(CCl)N1CCCC(N(Cc2ccccc2)C2CC2)C1. The molecular weight excluding hydrogens is 284 g/mol. The van der Waals surface area contributed by atoms with Crippen molar-refractivity contribution in [3.05, 3.63) is 35.9 Å². The van der Waals surface area contributed by atoms with Crippen molar-refractivity contribution in [2.24, 2.45) is 0 Å². The van der Waals surface area contributed by atoms with Crippen LogP contribution in [0.2, 0.25) is 0 Å². The minimum atomic E-state index is 0.0804. The van der Waals surface area contributed by atoms with E-state index in [4.69, 9.17) is 11.6 Å². The lowest BCUT2D eigenvalue weighted by atomic mass is 10.0. The number of hydrogen-bond donors (Lipinski definition) is 0. The molecule has 1 atom stereocenters. The van der Waals surface area contributed by atoms with Gasteiger partial charge in [-0.3, -0.25) is 9.69 Å². The molecule has 1 amide bonds. The summed E-state index contributed by atoms with van der Waals surface area (Å²) in [5, 5.41) is 0. The largest absolute Gasteiger partial charge is 0.340 e. The molecule has 1 saturated carbocycles. The molecule has 0 bridgehead atoms. The van der Waals surface area contributed by atoms with Gasteiger partial charge in [-0.05, 0) is 31.2 Å². The number of halogens is 1. The Morgan fingerprint density at radius 2 is 1.95 bits per heavy atom. The average molecular weight is 307 g/mol. The average Bonchev–Trinajstić information content (AvgIpc) is 3.38. The van der Waals surface area contributed by atoms with Gasteiger partial charge in [0.2, 0.25) is 5.91 Å². The first-order valence-electron chi connectivity index (χ1n) is 7.91. The number of benzene rings is 1. The first-order chi connectivity index (χ1) is 10.3. The Hall–Kier alpha value is -1.06. The maximum Gasteiger partial charge on any atom is 0.237 e. The molecule has 1 unspecified atom stereocenters. The van der Waals surface area contributed by atoms with E-state index < -0.39 is 0 Å². The lowest BCUT2D eigenvalue weighted by molar-refractivity contribution is -0.130. The van der Waals surface area contributed by atoms with Crippen LogP contribution in [0.5, 0.6) is 0 Å². The van der Waals surface area contributed by atoms with Gasteiger partial charge in [-0.2, -0.15) is 0 Å². The quantitative estimate of drug-likeness (QED) is 0.781. The third kappa shape index (κ3) is 3.78. The highest BCUT2D eigenvalue weighted by atomic mass is 35.5. The molecule has 0 aromatic heterocycles. The molecule has 3 nitrogen and oxygen atoms in total. The summed E-state index contributed by atoms with van der Waals surface area (Å²) in [5.41, 5.74) is 1.37. The zero-order chi connectivity index (χ0) is 14.7. The smallest absolute Gasteiger partial charge is 0.237 e.